The highest BCUT2D eigenvalue weighted by Gasteiger charge is 2.41. The molecule has 1 fully saturated rings. The summed E-state index contributed by atoms with van der Waals surface area (Å²) in [6.07, 6.45) is 20.4. The van der Waals surface area contributed by atoms with Crippen molar-refractivity contribution in [3.8, 4) is 0 Å². The van der Waals surface area contributed by atoms with Crippen LogP contribution in [0.3, 0.4) is 0 Å². The van der Waals surface area contributed by atoms with E-state index >= 15 is 0 Å². The lowest BCUT2D eigenvalue weighted by Crippen LogP contribution is -2.28. The molecule has 9 nitrogen and oxygen atoms in total. The Labute approximate surface area is 297 Å². The predicted molar refractivity (Wildman–Crippen MR) is 194 cm³/mol. The highest BCUT2D eigenvalue weighted by atomic mass is 16.6. The molecular formula is C40H72O9. The van der Waals surface area contributed by atoms with Crippen molar-refractivity contribution in [1.82, 2.24) is 0 Å². The van der Waals surface area contributed by atoms with Crippen LogP contribution in [0.2, 0.25) is 0 Å². The van der Waals surface area contributed by atoms with Crippen molar-refractivity contribution in [2.24, 2.45) is 17.8 Å². The lowest BCUT2D eigenvalue weighted by atomic mass is 9.87. The van der Waals surface area contributed by atoms with Crippen LogP contribution in [0.15, 0.2) is 12.2 Å². The van der Waals surface area contributed by atoms with Gasteiger partial charge in [0.05, 0.1) is 24.9 Å². The van der Waals surface area contributed by atoms with E-state index in [0.29, 0.717) is 25.7 Å². The standard InChI is InChI=1S/C40H72O9/c1-4-6-15-21-32(42)25-26-35-36(38(45)28-37(35)44)27-33(43)22-18-19-24-40(47)49-34(29-41)30-48-39(46)23-17-14-12-10-8-7-9-11-13-16-20-31(3)5-2/h25-26,31-32,34-38,41-42,44-45H,4-24,27-30H2,1-3H3/b26-25+/t31?,32-,34-,35+,36+,37+,38-/m0/s1. The maximum Gasteiger partial charge on any atom is 0.306 e. The summed E-state index contributed by atoms with van der Waals surface area (Å²) >= 11 is 0. The summed E-state index contributed by atoms with van der Waals surface area (Å²) in [4.78, 5) is 37.1. The second-order valence-electron chi connectivity index (χ2n) is 14.6. The number of hydrogen-bond acceptors (Lipinski definition) is 9. The van der Waals surface area contributed by atoms with Gasteiger partial charge in [0.1, 0.15) is 12.4 Å². The van der Waals surface area contributed by atoms with Gasteiger partial charge in [-0.1, -0.05) is 123 Å². The van der Waals surface area contributed by atoms with Gasteiger partial charge in [0, 0.05) is 43.9 Å². The van der Waals surface area contributed by atoms with Crippen molar-refractivity contribution < 1.29 is 44.3 Å². The third kappa shape index (κ3) is 22.6. The Balaban J connectivity index is 2.16. The summed E-state index contributed by atoms with van der Waals surface area (Å²) in [5.41, 5.74) is 0. The first-order chi connectivity index (χ1) is 23.6. The van der Waals surface area contributed by atoms with Gasteiger partial charge in [0.15, 0.2) is 6.10 Å². The molecule has 0 radical (unpaired) electrons. The van der Waals surface area contributed by atoms with Crippen LogP contribution in [0.1, 0.15) is 168 Å². The van der Waals surface area contributed by atoms with Crippen molar-refractivity contribution in [2.75, 3.05) is 13.2 Å². The molecule has 0 amide bonds. The number of unbranched alkanes of at least 4 members (excludes halogenated alkanes) is 12. The van der Waals surface area contributed by atoms with Gasteiger partial charge in [-0.05, 0) is 31.6 Å². The van der Waals surface area contributed by atoms with Crippen molar-refractivity contribution in [3.05, 3.63) is 12.2 Å². The molecule has 7 atom stereocenters. The highest BCUT2D eigenvalue weighted by molar-refractivity contribution is 5.79. The molecule has 0 heterocycles. The SMILES string of the molecule is CCCCC[C@H](O)/C=C/[C@@H]1[C@@H](CC(=O)CCCCC(=O)O[C@@H](CO)COC(=O)CCCCCCCCCCCCC(C)CC)[C@@H](O)C[C@H]1O. The van der Waals surface area contributed by atoms with Gasteiger partial charge in [0.25, 0.3) is 0 Å². The molecule has 49 heavy (non-hydrogen) atoms. The Hall–Kier alpha value is -1.81. The molecule has 1 rings (SSSR count). The molecule has 4 N–H and O–H groups in total. The van der Waals surface area contributed by atoms with Crippen molar-refractivity contribution in [3.63, 3.8) is 0 Å². The van der Waals surface area contributed by atoms with E-state index in [2.05, 4.69) is 20.8 Å². The summed E-state index contributed by atoms with van der Waals surface area (Å²) in [5, 5.41) is 40.7. The number of Topliss-reactive ketones (excluding diaryl/α,β-unsaturated/α-hetero) is 1. The van der Waals surface area contributed by atoms with Crippen LogP contribution in [0.5, 0.6) is 0 Å². The number of rotatable bonds is 31. The third-order valence-electron chi connectivity index (χ3n) is 10.1. The van der Waals surface area contributed by atoms with Gasteiger partial charge in [-0.15, -0.1) is 0 Å². The highest BCUT2D eigenvalue weighted by Crippen LogP contribution is 2.36. The maximum atomic E-state index is 12.7. The van der Waals surface area contributed by atoms with Crippen LogP contribution in [0.25, 0.3) is 0 Å². The monoisotopic (exact) mass is 697 g/mol. The Morgan fingerprint density at radius 3 is 1.96 bits per heavy atom. The van der Waals surface area contributed by atoms with Crippen LogP contribution in [-0.4, -0.2) is 75.8 Å². The molecule has 0 aromatic heterocycles. The zero-order valence-electron chi connectivity index (χ0n) is 31.2. The van der Waals surface area contributed by atoms with Crippen molar-refractivity contribution >= 4 is 17.7 Å². The number of esters is 2. The number of ketones is 1. The van der Waals surface area contributed by atoms with Crippen molar-refractivity contribution in [1.29, 1.82) is 0 Å². The molecule has 0 aromatic carbocycles. The van der Waals surface area contributed by atoms with E-state index in [1.54, 1.807) is 12.2 Å². The zero-order valence-corrected chi connectivity index (χ0v) is 31.2. The second kappa shape index (κ2) is 28.8. The molecule has 1 saturated carbocycles. The molecule has 9 heteroatoms. The average molecular weight is 697 g/mol. The summed E-state index contributed by atoms with van der Waals surface area (Å²) < 4.78 is 10.5. The van der Waals surface area contributed by atoms with E-state index in [1.807, 2.05) is 0 Å². The molecule has 286 valence electrons. The quantitative estimate of drug-likeness (QED) is 0.0328. The number of aliphatic hydroxyl groups excluding tert-OH is 4. The Bertz CT molecular complexity index is 891. The second-order valence-corrected chi connectivity index (χ2v) is 14.6. The van der Waals surface area contributed by atoms with E-state index < -0.39 is 48.8 Å². The molecule has 0 bridgehead atoms. The first-order valence-corrected chi connectivity index (χ1v) is 19.8. The fraction of sp³-hybridized carbons (Fsp3) is 0.875. The molecule has 0 aliphatic heterocycles. The minimum Gasteiger partial charge on any atom is -0.462 e. The Morgan fingerprint density at radius 2 is 1.33 bits per heavy atom. The lowest BCUT2D eigenvalue weighted by molar-refractivity contribution is -0.161. The van der Waals surface area contributed by atoms with Crippen LogP contribution in [0.4, 0.5) is 0 Å². The van der Waals surface area contributed by atoms with E-state index in [-0.39, 0.29) is 44.0 Å². The normalized spacial score (nSPS) is 21.1. The minimum atomic E-state index is -0.918. The van der Waals surface area contributed by atoms with Gasteiger partial charge < -0.3 is 29.9 Å². The van der Waals surface area contributed by atoms with Gasteiger partial charge in [-0.25, -0.2) is 0 Å². The van der Waals surface area contributed by atoms with Crippen LogP contribution in [-0.2, 0) is 23.9 Å². The van der Waals surface area contributed by atoms with Gasteiger partial charge >= 0.3 is 11.9 Å². The Morgan fingerprint density at radius 1 is 0.755 bits per heavy atom. The maximum absolute atomic E-state index is 12.7. The van der Waals surface area contributed by atoms with Crippen molar-refractivity contribution in [2.45, 2.75) is 193 Å². The van der Waals surface area contributed by atoms with Crippen LogP contribution >= 0.6 is 0 Å². The molecule has 1 unspecified atom stereocenters. The largest absolute Gasteiger partial charge is 0.462 e. The molecule has 0 aromatic rings. The number of carbonyl (C=O) groups is 3. The van der Waals surface area contributed by atoms with Gasteiger partial charge in [0.2, 0.25) is 0 Å². The minimum absolute atomic E-state index is 0.0493. The number of carbonyl (C=O) groups excluding carboxylic acids is 3. The number of aliphatic hydroxyl groups is 4. The first-order valence-electron chi connectivity index (χ1n) is 19.8. The Kier molecular flexibility index (Phi) is 26.6. The summed E-state index contributed by atoms with van der Waals surface area (Å²) in [6, 6.07) is 0. The van der Waals surface area contributed by atoms with E-state index in [0.717, 1.165) is 44.4 Å². The van der Waals surface area contributed by atoms with E-state index in [1.165, 1.54) is 57.8 Å². The lowest BCUT2D eigenvalue weighted by Gasteiger charge is -2.20. The van der Waals surface area contributed by atoms with Crippen LogP contribution in [0, 0.1) is 17.8 Å². The van der Waals surface area contributed by atoms with E-state index in [9.17, 15) is 34.8 Å². The molecule has 0 spiro atoms. The molecule has 1 aliphatic carbocycles. The summed E-state index contributed by atoms with van der Waals surface area (Å²) in [7, 11) is 0. The number of ether oxygens (including phenoxy) is 2. The fourth-order valence-corrected chi connectivity index (χ4v) is 6.58. The zero-order chi connectivity index (χ0) is 36.3. The summed E-state index contributed by atoms with van der Waals surface area (Å²) in [6.45, 7) is 6.06. The average Bonchev–Trinajstić information content (AvgIpc) is 3.34. The van der Waals surface area contributed by atoms with Gasteiger partial charge in [-0.3, -0.25) is 14.4 Å². The van der Waals surface area contributed by atoms with E-state index in [4.69, 9.17) is 9.47 Å². The molecule has 1 aliphatic rings. The predicted octanol–water partition coefficient (Wildman–Crippen LogP) is 7.54. The fourth-order valence-electron chi connectivity index (χ4n) is 6.58. The topological polar surface area (TPSA) is 151 Å². The number of hydrogen-bond donors (Lipinski definition) is 4. The molecule has 0 saturated heterocycles. The summed E-state index contributed by atoms with van der Waals surface area (Å²) in [5.74, 6) is -0.874. The van der Waals surface area contributed by atoms with Crippen LogP contribution < -0.4 is 0 Å². The van der Waals surface area contributed by atoms with Gasteiger partial charge in [-0.2, -0.15) is 0 Å². The smallest absolute Gasteiger partial charge is 0.306 e. The third-order valence-corrected chi connectivity index (χ3v) is 10.1. The first kappa shape index (κ1) is 45.2. The molecular weight excluding hydrogens is 624 g/mol.